The van der Waals surface area contributed by atoms with Crippen LogP contribution in [0.3, 0.4) is 0 Å². The minimum atomic E-state index is 0.140. The molecule has 1 aromatic rings. The highest BCUT2D eigenvalue weighted by molar-refractivity contribution is 5.78. The van der Waals surface area contributed by atoms with E-state index in [1.165, 1.54) is 0 Å². The van der Waals surface area contributed by atoms with Gasteiger partial charge in [-0.1, -0.05) is 0 Å². The van der Waals surface area contributed by atoms with E-state index in [4.69, 9.17) is 4.42 Å². The van der Waals surface area contributed by atoms with Gasteiger partial charge in [-0.2, -0.15) is 0 Å². The molecule has 1 aliphatic heterocycles. The number of aryl methyl sites for hydroxylation is 1. The summed E-state index contributed by atoms with van der Waals surface area (Å²) in [5, 5.41) is 3.27. The molecule has 0 bridgehead atoms. The summed E-state index contributed by atoms with van der Waals surface area (Å²) in [4.78, 5) is 14.0. The number of furan rings is 1. The molecule has 0 aliphatic carbocycles. The first-order valence-electron chi connectivity index (χ1n) is 6.17. The molecule has 4 heteroatoms. The number of amides is 1. The Balaban J connectivity index is 1.93. The fourth-order valence-electron chi connectivity index (χ4n) is 2.28. The Bertz CT molecular complexity index is 381. The largest absolute Gasteiger partial charge is 0.469 e. The summed E-state index contributed by atoms with van der Waals surface area (Å²) in [5.74, 6) is 1.27. The van der Waals surface area contributed by atoms with Crippen LogP contribution >= 0.6 is 0 Å². The molecule has 1 saturated heterocycles. The molecule has 0 radical (unpaired) electrons. The molecule has 1 aliphatic rings. The first kappa shape index (κ1) is 12.2. The van der Waals surface area contributed by atoms with Crippen molar-refractivity contribution >= 4 is 5.91 Å². The van der Waals surface area contributed by atoms with Gasteiger partial charge in [0, 0.05) is 25.7 Å². The van der Waals surface area contributed by atoms with Crippen LogP contribution in [0.2, 0.25) is 0 Å². The summed E-state index contributed by atoms with van der Waals surface area (Å²) in [6, 6.07) is 1.93. The highest BCUT2D eigenvalue weighted by Gasteiger charge is 2.24. The van der Waals surface area contributed by atoms with Crippen LogP contribution < -0.4 is 5.32 Å². The summed E-state index contributed by atoms with van der Waals surface area (Å²) in [5.41, 5.74) is 1.09. The predicted molar refractivity (Wildman–Crippen MR) is 65.5 cm³/mol. The molecule has 0 unspecified atom stereocenters. The number of carbonyl (C=O) groups is 1. The lowest BCUT2D eigenvalue weighted by atomic mass is 9.98. The first-order chi connectivity index (χ1) is 8.18. The summed E-state index contributed by atoms with van der Waals surface area (Å²) in [7, 11) is 1.86. The van der Waals surface area contributed by atoms with Gasteiger partial charge in [0.25, 0.3) is 0 Å². The maximum atomic E-state index is 12.2. The Morgan fingerprint density at radius 1 is 1.65 bits per heavy atom. The van der Waals surface area contributed by atoms with Gasteiger partial charge in [0.05, 0.1) is 12.2 Å². The van der Waals surface area contributed by atoms with Gasteiger partial charge >= 0.3 is 0 Å². The summed E-state index contributed by atoms with van der Waals surface area (Å²) in [6.07, 6.45) is 3.76. The molecule has 0 spiro atoms. The molecule has 94 valence electrons. The quantitative estimate of drug-likeness (QED) is 0.866. The SMILES string of the molecule is Cc1occc1CN(C)C(=O)[C@H]1CCCNC1. The van der Waals surface area contributed by atoms with Gasteiger partial charge in [-0.15, -0.1) is 0 Å². The topological polar surface area (TPSA) is 45.5 Å². The number of hydrogen-bond acceptors (Lipinski definition) is 3. The van der Waals surface area contributed by atoms with Crippen molar-refractivity contribution in [1.82, 2.24) is 10.2 Å². The van der Waals surface area contributed by atoms with Crippen LogP contribution in [-0.4, -0.2) is 30.9 Å². The number of rotatable bonds is 3. The monoisotopic (exact) mass is 236 g/mol. The van der Waals surface area contributed by atoms with Gasteiger partial charge in [-0.05, 0) is 32.4 Å². The number of hydrogen-bond donors (Lipinski definition) is 1. The second-order valence-electron chi connectivity index (χ2n) is 4.74. The van der Waals surface area contributed by atoms with Crippen molar-refractivity contribution in [3.05, 3.63) is 23.7 Å². The predicted octanol–water partition coefficient (Wildman–Crippen LogP) is 1.55. The van der Waals surface area contributed by atoms with Crippen LogP contribution in [0.4, 0.5) is 0 Å². The van der Waals surface area contributed by atoms with Crippen molar-refractivity contribution in [2.75, 3.05) is 20.1 Å². The standard InChI is InChI=1S/C13H20N2O2/c1-10-12(5-7-17-10)9-15(2)13(16)11-4-3-6-14-8-11/h5,7,11,14H,3-4,6,8-9H2,1-2H3/t11-/m0/s1. The number of carbonyl (C=O) groups excluding carboxylic acids is 1. The zero-order valence-electron chi connectivity index (χ0n) is 10.5. The van der Waals surface area contributed by atoms with Crippen molar-refractivity contribution in [2.45, 2.75) is 26.3 Å². The van der Waals surface area contributed by atoms with Crippen molar-refractivity contribution in [3.8, 4) is 0 Å². The van der Waals surface area contributed by atoms with Gasteiger partial charge in [0.2, 0.25) is 5.91 Å². The molecule has 0 aromatic carbocycles. The molecule has 4 nitrogen and oxygen atoms in total. The Hall–Kier alpha value is -1.29. The van der Waals surface area contributed by atoms with Crippen molar-refractivity contribution in [3.63, 3.8) is 0 Å². The molecular formula is C13H20N2O2. The van der Waals surface area contributed by atoms with E-state index in [-0.39, 0.29) is 11.8 Å². The van der Waals surface area contributed by atoms with Crippen LogP contribution in [0.1, 0.15) is 24.2 Å². The van der Waals surface area contributed by atoms with Crippen LogP contribution in [0.25, 0.3) is 0 Å². The van der Waals surface area contributed by atoms with E-state index in [0.29, 0.717) is 6.54 Å². The third-order valence-electron chi connectivity index (χ3n) is 3.40. The maximum absolute atomic E-state index is 12.2. The molecule has 1 fully saturated rings. The minimum absolute atomic E-state index is 0.140. The van der Waals surface area contributed by atoms with Crippen LogP contribution in [-0.2, 0) is 11.3 Å². The smallest absolute Gasteiger partial charge is 0.227 e. The number of nitrogens with zero attached hydrogens (tertiary/aromatic N) is 1. The zero-order chi connectivity index (χ0) is 12.3. The van der Waals surface area contributed by atoms with E-state index in [1.807, 2.05) is 20.0 Å². The highest BCUT2D eigenvalue weighted by atomic mass is 16.3. The van der Waals surface area contributed by atoms with Crippen LogP contribution in [0, 0.1) is 12.8 Å². The Morgan fingerprint density at radius 2 is 2.47 bits per heavy atom. The normalized spacial score (nSPS) is 20.2. The van der Waals surface area contributed by atoms with Gasteiger partial charge in [-0.3, -0.25) is 4.79 Å². The zero-order valence-corrected chi connectivity index (χ0v) is 10.5. The van der Waals surface area contributed by atoms with Crippen LogP contribution in [0.5, 0.6) is 0 Å². The molecule has 0 saturated carbocycles. The molecule has 1 atom stereocenters. The van der Waals surface area contributed by atoms with E-state index in [0.717, 1.165) is 37.3 Å². The summed E-state index contributed by atoms with van der Waals surface area (Å²) >= 11 is 0. The Labute approximate surface area is 102 Å². The molecular weight excluding hydrogens is 216 g/mol. The van der Waals surface area contributed by atoms with Gasteiger partial charge in [0.15, 0.2) is 0 Å². The fraction of sp³-hybridized carbons (Fsp3) is 0.615. The molecule has 2 heterocycles. The van der Waals surface area contributed by atoms with Gasteiger partial charge in [-0.25, -0.2) is 0 Å². The summed E-state index contributed by atoms with van der Waals surface area (Å²) in [6.45, 7) is 4.41. The van der Waals surface area contributed by atoms with Crippen LogP contribution in [0.15, 0.2) is 16.7 Å². The summed E-state index contributed by atoms with van der Waals surface area (Å²) < 4.78 is 5.24. The average molecular weight is 236 g/mol. The van der Waals surface area contributed by atoms with Gasteiger partial charge in [0.1, 0.15) is 5.76 Å². The second kappa shape index (κ2) is 5.36. The highest BCUT2D eigenvalue weighted by Crippen LogP contribution is 2.16. The first-order valence-corrected chi connectivity index (χ1v) is 6.17. The van der Waals surface area contributed by atoms with E-state index < -0.39 is 0 Å². The molecule has 1 amide bonds. The van der Waals surface area contributed by atoms with Crippen molar-refractivity contribution in [1.29, 1.82) is 0 Å². The Morgan fingerprint density at radius 3 is 3.06 bits per heavy atom. The average Bonchev–Trinajstić information content (AvgIpc) is 2.75. The number of nitrogens with one attached hydrogen (secondary N) is 1. The lowest BCUT2D eigenvalue weighted by Gasteiger charge is -2.26. The lowest BCUT2D eigenvalue weighted by Crippen LogP contribution is -2.41. The fourth-order valence-corrected chi connectivity index (χ4v) is 2.28. The Kier molecular flexibility index (Phi) is 3.84. The van der Waals surface area contributed by atoms with E-state index >= 15 is 0 Å². The third-order valence-corrected chi connectivity index (χ3v) is 3.40. The van der Waals surface area contributed by atoms with Crippen molar-refractivity contribution < 1.29 is 9.21 Å². The third kappa shape index (κ3) is 2.88. The second-order valence-corrected chi connectivity index (χ2v) is 4.74. The van der Waals surface area contributed by atoms with Crippen molar-refractivity contribution in [2.24, 2.45) is 5.92 Å². The van der Waals surface area contributed by atoms with E-state index in [9.17, 15) is 4.79 Å². The minimum Gasteiger partial charge on any atom is -0.469 e. The molecule has 1 aromatic heterocycles. The molecule has 1 N–H and O–H groups in total. The maximum Gasteiger partial charge on any atom is 0.227 e. The lowest BCUT2D eigenvalue weighted by molar-refractivity contribution is -0.135. The number of piperidine rings is 1. The van der Waals surface area contributed by atoms with E-state index in [2.05, 4.69) is 5.32 Å². The molecule has 17 heavy (non-hydrogen) atoms. The van der Waals surface area contributed by atoms with Gasteiger partial charge < -0.3 is 14.6 Å². The van der Waals surface area contributed by atoms with E-state index in [1.54, 1.807) is 11.2 Å². The molecule has 2 rings (SSSR count).